The van der Waals surface area contributed by atoms with Crippen LogP contribution in [0.4, 0.5) is 0 Å². The van der Waals surface area contributed by atoms with Gasteiger partial charge in [0, 0.05) is 3.58 Å². The molecule has 0 atom stereocenters. The first kappa shape index (κ1) is 13.0. The number of hydrogen-bond donors (Lipinski definition) is 0. The molecule has 2 nitrogen and oxygen atoms in total. The van der Waals surface area contributed by atoms with Crippen molar-refractivity contribution in [1.82, 2.24) is 0 Å². The van der Waals surface area contributed by atoms with Gasteiger partial charge in [-0.1, -0.05) is 36.4 Å². The van der Waals surface area contributed by atoms with Gasteiger partial charge in [-0.25, -0.2) is 4.79 Å². The van der Waals surface area contributed by atoms with E-state index in [9.17, 15) is 4.79 Å². The lowest BCUT2D eigenvalue weighted by Gasteiger charge is -2.03. The first-order valence-corrected chi connectivity index (χ1v) is 5.84. The van der Waals surface area contributed by atoms with Gasteiger partial charge in [-0.05, 0) is 41.2 Å². The van der Waals surface area contributed by atoms with Crippen LogP contribution < -0.4 is 0 Å². The number of methoxy groups -OCH3 is 1. The standard InChI is InChI=1S/C13H13IO2/c1-9-4-6-11(7-5-9)8-12(10(2)14)13(15)16-3/h4-8H,2H2,1,3H3/b12-8+. The molecule has 0 aliphatic carbocycles. The Balaban J connectivity index is 3.07. The fourth-order valence-corrected chi connectivity index (χ4v) is 1.56. The molecular weight excluding hydrogens is 315 g/mol. The third-order valence-electron chi connectivity index (χ3n) is 2.09. The van der Waals surface area contributed by atoms with Crippen molar-refractivity contribution >= 4 is 34.6 Å². The molecule has 0 heterocycles. The zero-order valence-corrected chi connectivity index (χ0v) is 11.4. The number of hydrogen-bond acceptors (Lipinski definition) is 2. The Morgan fingerprint density at radius 2 is 1.94 bits per heavy atom. The van der Waals surface area contributed by atoms with Gasteiger partial charge in [-0.3, -0.25) is 0 Å². The minimum Gasteiger partial charge on any atom is -0.465 e. The smallest absolute Gasteiger partial charge is 0.338 e. The number of aryl methyl sites for hydroxylation is 1. The average Bonchev–Trinajstić information content (AvgIpc) is 2.27. The van der Waals surface area contributed by atoms with Crippen molar-refractivity contribution in [3.8, 4) is 0 Å². The first-order valence-electron chi connectivity index (χ1n) is 4.76. The SMILES string of the molecule is C=C(I)/C(=C\c1ccc(C)cc1)C(=O)OC. The van der Waals surface area contributed by atoms with Gasteiger partial charge in [0.15, 0.2) is 0 Å². The second-order valence-electron chi connectivity index (χ2n) is 3.37. The van der Waals surface area contributed by atoms with E-state index < -0.39 is 0 Å². The van der Waals surface area contributed by atoms with Crippen LogP contribution in [0, 0.1) is 6.92 Å². The summed E-state index contributed by atoms with van der Waals surface area (Å²) in [6.45, 7) is 5.78. The summed E-state index contributed by atoms with van der Waals surface area (Å²) in [7, 11) is 1.37. The van der Waals surface area contributed by atoms with Crippen molar-refractivity contribution in [2.75, 3.05) is 7.11 Å². The predicted octanol–water partition coefficient (Wildman–Crippen LogP) is 3.50. The van der Waals surface area contributed by atoms with Gasteiger partial charge < -0.3 is 4.74 Å². The van der Waals surface area contributed by atoms with Gasteiger partial charge in [0.25, 0.3) is 0 Å². The van der Waals surface area contributed by atoms with Crippen molar-refractivity contribution in [2.24, 2.45) is 0 Å². The molecule has 0 N–H and O–H groups in total. The van der Waals surface area contributed by atoms with Gasteiger partial charge in [0.05, 0.1) is 12.7 Å². The van der Waals surface area contributed by atoms with Crippen molar-refractivity contribution < 1.29 is 9.53 Å². The minimum absolute atomic E-state index is 0.361. The van der Waals surface area contributed by atoms with Gasteiger partial charge in [0.2, 0.25) is 0 Å². The van der Waals surface area contributed by atoms with Crippen molar-refractivity contribution in [3.63, 3.8) is 0 Å². The Bertz CT molecular complexity index is 430. The van der Waals surface area contributed by atoms with E-state index in [0.717, 1.165) is 5.56 Å². The van der Waals surface area contributed by atoms with Gasteiger partial charge >= 0.3 is 5.97 Å². The molecule has 0 amide bonds. The zero-order chi connectivity index (χ0) is 12.1. The number of halogens is 1. The molecule has 0 aliphatic heterocycles. The Hall–Kier alpha value is -1.10. The number of rotatable bonds is 3. The molecule has 1 rings (SSSR count). The van der Waals surface area contributed by atoms with E-state index in [1.54, 1.807) is 6.08 Å². The van der Waals surface area contributed by atoms with Gasteiger partial charge in [-0.2, -0.15) is 0 Å². The lowest BCUT2D eigenvalue weighted by atomic mass is 10.1. The molecule has 0 saturated carbocycles. The lowest BCUT2D eigenvalue weighted by molar-refractivity contribution is -0.135. The van der Waals surface area contributed by atoms with Gasteiger partial charge in [-0.15, -0.1) is 0 Å². The number of benzene rings is 1. The third-order valence-corrected chi connectivity index (χ3v) is 2.67. The number of carbonyl (C=O) groups excluding carboxylic acids is 1. The number of esters is 1. The highest BCUT2D eigenvalue weighted by atomic mass is 127. The van der Waals surface area contributed by atoms with Crippen LogP contribution in [0.25, 0.3) is 6.08 Å². The fourth-order valence-electron chi connectivity index (χ4n) is 1.19. The minimum atomic E-state index is -0.361. The topological polar surface area (TPSA) is 26.3 Å². The highest BCUT2D eigenvalue weighted by molar-refractivity contribution is 14.1. The summed E-state index contributed by atoms with van der Waals surface area (Å²) in [4.78, 5) is 11.5. The van der Waals surface area contributed by atoms with Crippen LogP contribution in [0.1, 0.15) is 11.1 Å². The van der Waals surface area contributed by atoms with Crippen LogP contribution in [0.2, 0.25) is 0 Å². The monoisotopic (exact) mass is 328 g/mol. The second-order valence-corrected chi connectivity index (χ2v) is 4.67. The molecule has 3 heteroatoms. The van der Waals surface area contributed by atoms with E-state index in [1.807, 2.05) is 53.8 Å². The molecule has 0 saturated heterocycles. The molecule has 0 radical (unpaired) electrons. The van der Waals surface area contributed by atoms with E-state index >= 15 is 0 Å². The summed E-state index contributed by atoms with van der Waals surface area (Å²) in [6.07, 6.45) is 1.78. The lowest BCUT2D eigenvalue weighted by Crippen LogP contribution is -2.04. The largest absolute Gasteiger partial charge is 0.465 e. The highest BCUT2D eigenvalue weighted by Gasteiger charge is 2.11. The van der Waals surface area contributed by atoms with E-state index in [0.29, 0.717) is 9.15 Å². The second kappa shape index (κ2) is 5.84. The maximum Gasteiger partial charge on any atom is 0.338 e. The summed E-state index contributed by atoms with van der Waals surface area (Å²) in [5.74, 6) is -0.361. The Morgan fingerprint density at radius 1 is 1.38 bits per heavy atom. The molecule has 0 aliphatic rings. The predicted molar refractivity (Wildman–Crippen MR) is 74.3 cm³/mol. The summed E-state index contributed by atoms with van der Waals surface area (Å²) in [5.41, 5.74) is 2.64. The number of carbonyl (C=O) groups is 1. The Kier molecular flexibility index (Phi) is 4.73. The maximum atomic E-state index is 11.5. The number of ether oxygens (including phenoxy) is 1. The normalized spacial score (nSPS) is 11.1. The van der Waals surface area contributed by atoms with E-state index in [-0.39, 0.29) is 5.97 Å². The average molecular weight is 328 g/mol. The van der Waals surface area contributed by atoms with E-state index in [2.05, 4.69) is 6.58 Å². The first-order chi connectivity index (χ1) is 7.54. The molecule has 0 spiro atoms. The van der Waals surface area contributed by atoms with Crippen LogP contribution in [-0.4, -0.2) is 13.1 Å². The Morgan fingerprint density at radius 3 is 2.38 bits per heavy atom. The van der Waals surface area contributed by atoms with Crippen LogP contribution >= 0.6 is 22.6 Å². The molecule has 0 fully saturated rings. The van der Waals surface area contributed by atoms with Crippen molar-refractivity contribution in [1.29, 1.82) is 0 Å². The molecule has 1 aromatic rings. The molecule has 0 unspecified atom stereocenters. The van der Waals surface area contributed by atoms with E-state index in [4.69, 9.17) is 4.74 Å². The van der Waals surface area contributed by atoms with E-state index in [1.165, 1.54) is 12.7 Å². The molecule has 1 aromatic carbocycles. The molecular formula is C13H13IO2. The van der Waals surface area contributed by atoms with Crippen LogP contribution in [0.3, 0.4) is 0 Å². The van der Waals surface area contributed by atoms with Crippen LogP contribution in [0.15, 0.2) is 40.0 Å². The Labute approximate surface area is 109 Å². The molecule has 0 aromatic heterocycles. The third kappa shape index (κ3) is 3.48. The summed E-state index contributed by atoms with van der Waals surface area (Å²) < 4.78 is 5.37. The fraction of sp³-hybridized carbons (Fsp3) is 0.154. The summed E-state index contributed by atoms with van der Waals surface area (Å²) in [5, 5.41) is 0. The zero-order valence-electron chi connectivity index (χ0n) is 9.29. The highest BCUT2D eigenvalue weighted by Crippen LogP contribution is 2.20. The summed E-state index contributed by atoms with van der Waals surface area (Å²) in [6, 6.07) is 7.91. The van der Waals surface area contributed by atoms with Crippen molar-refractivity contribution in [2.45, 2.75) is 6.92 Å². The molecule has 16 heavy (non-hydrogen) atoms. The maximum absolute atomic E-state index is 11.5. The summed E-state index contributed by atoms with van der Waals surface area (Å²) >= 11 is 2.01. The van der Waals surface area contributed by atoms with Crippen LogP contribution in [0.5, 0.6) is 0 Å². The molecule has 84 valence electrons. The van der Waals surface area contributed by atoms with Gasteiger partial charge in [0.1, 0.15) is 0 Å². The quantitative estimate of drug-likeness (QED) is 0.367. The van der Waals surface area contributed by atoms with Crippen molar-refractivity contribution in [3.05, 3.63) is 51.1 Å². The van der Waals surface area contributed by atoms with Crippen LogP contribution in [-0.2, 0) is 9.53 Å². The molecule has 0 bridgehead atoms.